The highest BCUT2D eigenvalue weighted by Crippen LogP contribution is 2.17. The zero-order valence-corrected chi connectivity index (χ0v) is 12.4. The first-order valence-electron chi connectivity index (χ1n) is 5.20. The van der Waals surface area contributed by atoms with Crippen molar-refractivity contribution in [1.82, 2.24) is 4.90 Å². The molecule has 0 radical (unpaired) electrons. The molecule has 0 amide bonds. The number of benzene rings is 1. The van der Waals surface area contributed by atoms with E-state index in [1.165, 1.54) is 11.1 Å². The normalized spacial score (nSPS) is 12.4. The summed E-state index contributed by atoms with van der Waals surface area (Å²) in [5, 5.41) is 0. The summed E-state index contributed by atoms with van der Waals surface area (Å²) < 4.78 is 1.14. The monoisotopic (exact) mass is 306 g/mol. The molecular formula is C12H20BrClN2. The summed E-state index contributed by atoms with van der Waals surface area (Å²) in [6, 6.07) is 6.83. The van der Waals surface area contributed by atoms with Crippen LogP contribution in [-0.4, -0.2) is 24.5 Å². The SMILES string of the molecule is Cc1cc(Br)ccc1CN(C)C(C)CN.Cl. The van der Waals surface area contributed by atoms with E-state index in [-0.39, 0.29) is 12.4 Å². The van der Waals surface area contributed by atoms with Crippen LogP contribution in [0.25, 0.3) is 0 Å². The summed E-state index contributed by atoms with van der Waals surface area (Å²) in [6.45, 7) is 5.94. The number of hydrogen-bond acceptors (Lipinski definition) is 2. The molecule has 0 aromatic heterocycles. The van der Waals surface area contributed by atoms with Gasteiger partial charge in [0, 0.05) is 23.6 Å². The molecule has 2 nitrogen and oxygen atoms in total. The zero-order valence-electron chi connectivity index (χ0n) is 10.0. The fraction of sp³-hybridized carbons (Fsp3) is 0.500. The molecule has 0 saturated carbocycles. The summed E-state index contributed by atoms with van der Waals surface area (Å²) in [6.07, 6.45) is 0. The highest BCUT2D eigenvalue weighted by atomic mass is 79.9. The molecule has 1 unspecified atom stereocenters. The van der Waals surface area contributed by atoms with E-state index in [0.717, 1.165) is 11.0 Å². The Labute approximate surface area is 113 Å². The maximum absolute atomic E-state index is 5.64. The van der Waals surface area contributed by atoms with Gasteiger partial charge < -0.3 is 5.73 Å². The second-order valence-corrected chi connectivity index (χ2v) is 4.99. The van der Waals surface area contributed by atoms with Gasteiger partial charge in [-0.15, -0.1) is 12.4 Å². The van der Waals surface area contributed by atoms with Gasteiger partial charge in [-0.2, -0.15) is 0 Å². The molecule has 1 rings (SSSR count). The minimum Gasteiger partial charge on any atom is -0.329 e. The molecule has 0 aliphatic heterocycles. The summed E-state index contributed by atoms with van der Waals surface area (Å²) in [5.74, 6) is 0. The second kappa shape index (κ2) is 7.28. The van der Waals surface area contributed by atoms with Crippen molar-refractivity contribution in [3.05, 3.63) is 33.8 Å². The maximum atomic E-state index is 5.64. The first-order valence-corrected chi connectivity index (χ1v) is 5.99. The van der Waals surface area contributed by atoms with Crippen molar-refractivity contribution in [3.8, 4) is 0 Å². The highest BCUT2D eigenvalue weighted by Gasteiger charge is 2.08. The highest BCUT2D eigenvalue weighted by molar-refractivity contribution is 9.10. The quantitative estimate of drug-likeness (QED) is 0.926. The number of likely N-dealkylation sites (N-methyl/N-ethyl adjacent to an activating group) is 1. The van der Waals surface area contributed by atoms with Crippen molar-refractivity contribution in [3.63, 3.8) is 0 Å². The molecule has 0 bridgehead atoms. The summed E-state index contributed by atoms with van der Waals surface area (Å²) in [5.41, 5.74) is 8.32. The zero-order chi connectivity index (χ0) is 11.4. The molecule has 2 N–H and O–H groups in total. The van der Waals surface area contributed by atoms with E-state index in [9.17, 15) is 0 Å². The van der Waals surface area contributed by atoms with Crippen LogP contribution in [-0.2, 0) is 6.54 Å². The molecular weight excluding hydrogens is 288 g/mol. The smallest absolute Gasteiger partial charge is 0.0236 e. The molecule has 0 fully saturated rings. The van der Waals surface area contributed by atoms with Crippen LogP contribution in [0.4, 0.5) is 0 Å². The van der Waals surface area contributed by atoms with Gasteiger partial charge in [0.25, 0.3) is 0 Å². The Morgan fingerprint density at radius 2 is 2.06 bits per heavy atom. The van der Waals surface area contributed by atoms with Crippen LogP contribution in [0.2, 0.25) is 0 Å². The summed E-state index contributed by atoms with van der Waals surface area (Å²) >= 11 is 3.47. The van der Waals surface area contributed by atoms with Gasteiger partial charge in [0.05, 0.1) is 0 Å². The Kier molecular flexibility index (Phi) is 7.24. The molecule has 92 valence electrons. The predicted octanol–water partition coefficient (Wildman–Crippen LogP) is 2.96. The molecule has 0 aliphatic carbocycles. The lowest BCUT2D eigenvalue weighted by Crippen LogP contribution is -2.34. The van der Waals surface area contributed by atoms with Crippen LogP contribution in [0.1, 0.15) is 18.1 Å². The predicted molar refractivity (Wildman–Crippen MR) is 76.1 cm³/mol. The van der Waals surface area contributed by atoms with E-state index in [1.807, 2.05) is 0 Å². The van der Waals surface area contributed by atoms with Crippen LogP contribution >= 0.6 is 28.3 Å². The standard InChI is InChI=1S/C12H19BrN2.ClH/c1-9-6-12(13)5-4-11(9)8-15(3)10(2)7-14;/h4-6,10H,7-8,14H2,1-3H3;1H. The maximum Gasteiger partial charge on any atom is 0.0236 e. The van der Waals surface area contributed by atoms with Gasteiger partial charge in [0.1, 0.15) is 0 Å². The molecule has 0 saturated heterocycles. The van der Waals surface area contributed by atoms with Crippen molar-refractivity contribution in [2.45, 2.75) is 26.4 Å². The van der Waals surface area contributed by atoms with Crippen LogP contribution in [0.5, 0.6) is 0 Å². The van der Waals surface area contributed by atoms with Crippen LogP contribution in [0, 0.1) is 6.92 Å². The van der Waals surface area contributed by atoms with Gasteiger partial charge in [0.2, 0.25) is 0 Å². The first kappa shape index (κ1) is 15.9. The Morgan fingerprint density at radius 3 is 2.56 bits per heavy atom. The van der Waals surface area contributed by atoms with E-state index in [2.05, 4.69) is 59.9 Å². The van der Waals surface area contributed by atoms with Crippen molar-refractivity contribution < 1.29 is 0 Å². The largest absolute Gasteiger partial charge is 0.329 e. The van der Waals surface area contributed by atoms with Crippen molar-refractivity contribution in [2.24, 2.45) is 5.73 Å². The van der Waals surface area contributed by atoms with Gasteiger partial charge >= 0.3 is 0 Å². The molecule has 0 heterocycles. The van der Waals surface area contributed by atoms with Crippen molar-refractivity contribution in [1.29, 1.82) is 0 Å². The average molecular weight is 308 g/mol. The fourth-order valence-corrected chi connectivity index (χ4v) is 1.92. The Bertz CT molecular complexity index is 331. The van der Waals surface area contributed by atoms with Gasteiger partial charge in [-0.1, -0.05) is 22.0 Å². The van der Waals surface area contributed by atoms with Gasteiger partial charge in [-0.3, -0.25) is 4.90 Å². The Hall–Kier alpha value is -0.0900. The lowest BCUT2D eigenvalue weighted by Gasteiger charge is -2.24. The van der Waals surface area contributed by atoms with Crippen molar-refractivity contribution >= 4 is 28.3 Å². The number of rotatable bonds is 4. The number of aryl methyl sites for hydroxylation is 1. The first-order chi connectivity index (χ1) is 7.04. The molecule has 1 aromatic rings. The third kappa shape index (κ3) is 4.42. The third-order valence-corrected chi connectivity index (χ3v) is 3.31. The van der Waals surface area contributed by atoms with E-state index in [0.29, 0.717) is 12.6 Å². The van der Waals surface area contributed by atoms with Crippen LogP contribution in [0.3, 0.4) is 0 Å². The Balaban J connectivity index is 0.00000225. The topological polar surface area (TPSA) is 29.3 Å². The van der Waals surface area contributed by atoms with E-state index >= 15 is 0 Å². The van der Waals surface area contributed by atoms with Gasteiger partial charge in [-0.05, 0) is 44.2 Å². The van der Waals surface area contributed by atoms with E-state index in [4.69, 9.17) is 5.73 Å². The molecule has 1 aromatic carbocycles. The molecule has 0 aliphatic rings. The molecule has 0 spiro atoms. The summed E-state index contributed by atoms with van der Waals surface area (Å²) in [7, 11) is 2.11. The number of nitrogens with zero attached hydrogens (tertiary/aromatic N) is 1. The van der Waals surface area contributed by atoms with Gasteiger partial charge in [0.15, 0.2) is 0 Å². The summed E-state index contributed by atoms with van der Waals surface area (Å²) in [4.78, 5) is 2.27. The van der Waals surface area contributed by atoms with Crippen LogP contribution in [0.15, 0.2) is 22.7 Å². The molecule has 4 heteroatoms. The molecule has 16 heavy (non-hydrogen) atoms. The lowest BCUT2D eigenvalue weighted by molar-refractivity contribution is 0.254. The second-order valence-electron chi connectivity index (χ2n) is 4.07. The number of nitrogens with two attached hydrogens (primary N) is 1. The van der Waals surface area contributed by atoms with E-state index < -0.39 is 0 Å². The lowest BCUT2D eigenvalue weighted by atomic mass is 10.1. The minimum atomic E-state index is 0. The number of hydrogen-bond donors (Lipinski definition) is 1. The minimum absolute atomic E-state index is 0. The average Bonchev–Trinajstić information content (AvgIpc) is 2.20. The molecule has 1 atom stereocenters. The van der Waals surface area contributed by atoms with Crippen LogP contribution < -0.4 is 5.73 Å². The fourth-order valence-electron chi connectivity index (χ4n) is 1.44. The third-order valence-electron chi connectivity index (χ3n) is 2.82. The van der Waals surface area contributed by atoms with Crippen molar-refractivity contribution in [2.75, 3.05) is 13.6 Å². The number of halogens is 2. The van der Waals surface area contributed by atoms with E-state index in [1.54, 1.807) is 0 Å². The van der Waals surface area contributed by atoms with Gasteiger partial charge in [-0.25, -0.2) is 0 Å². The Morgan fingerprint density at radius 1 is 1.44 bits per heavy atom.